The van der Waals surface area contributed by atoms with Crippen LogP contribution >= 0.6 is 0 Å². The third-order valence-electron chi connectivity index (χ3n) is 2.54. The Balaban J connectivity index is 2.47. The molecular weight excluding hydrogens is 202 g/mol. The molecule has 0 aliphatic rings. The maximum atomic E-state index is 5.33. The van der Waals surface area contributed by atoms with E-state index >= 15 is 0 Å². The highest BCUT2D eigenvalue weighted by molar-refractivity contribution is 5.58. The molecule has 2 rings (SSSR count). The van der Waals surface area contributed by atoms with Crippen LogP contribution in [-0.4, -0.2) is 22.3 Å². The largest absolute Gasteiger partial charge is 0.496 e. The Labute approximate surface area is 94.7 Å². The monoisotopic (exact) mass is 217 g/mol. The molecule has 4 nitrogen and oxygen atoms in total. The lowest BCUT2D eigenvalue weighted by molar-refractivity contribution is 0.407. The molecule has 1 aromatic carbocycles. The van der Waals surface area contributed by atoms with Crippen molar-refractivity contribution in [3.63, 3.8) is 0 Å². The topological polar surface area (TPSA) is 50.8 Å². The van der Waals surface area contributed by atoms with Gasteiger partial charge in [-0.2, -0.15) is 5.10 Å². The molecule has 2 aromatic rings. The van der Waals surface area contributed by atoms with Crippen molar-refractivity contribution in [3.8, 4) is 17.1 Å². The normalized spacial score (nSPS) is 10.8. The molecule has 0 spiro atoms. The smallest absolute Gasteiger partial charge is 0.155 e. The molecule has 0 saturated carbocycles. The molecular formula is C12H15N3O. The summed E-state index contributed by atoms with van der Waals surface area (Å²) in [7, 11) is 1.69. The summed E-state index contributed by atoms with van der Waals surface area (Å²) in [6.45, 7) is 4.28. The zero-order chi connectivity index (χ0) is 11.5. The van der Waals surface area contributed by atoms with Crippen LogP contribution in [0.25, 0.3) is 11.4 Å². The number of nitrogens with one attached hydrogen (secondary N) is 1. The number of methoxy groups -OCH3 is 1. The van der Waals surface area contributed by atoms with Gasteiger partial charge in [0.15, 0.2) is 5.82 Å². The van der Waals surface area contributed by atoms with Crippen molar-refractivity contribution in [1.29, 1.82) is 0 Å². The molecule has 0 fully saturated rings. The number of ether oxygens (including phenoxy) is 1. The number of aromatic nitrogens is 3. The van der Waals surface area contributed by atoms with E-state index in [9.17, 15) is 0 Å². The predicted molar refractivity (Wildman–Crippen MR) is 62.5 cm³/mol. The van der Waals surface area contributed by atoms with Gasteiger partial charge in [-0.05, 0) is 29.7 Å². The van der Waals surface area contributed by atoms with Gasteiger partial charge in [0.2, 0.25) is 0 Å². The third kappa shape index (κ3) is 1.91. The summed E-state index contributed by atoms with van der Waals surface area (Å²) >= 11 is 0. The summed E-state index contributed by atoms with van der Waals surface area (Å²) in [5.41, 5.74) is 2.21. The summed E-state index contributed by atoms with van der Waals surface area (Å²) in [5, 5.41) is 6.70. The summed E-state index contributed by atoms with van der Waals surface area (Å²) in [5.74, 6) is 2.11. The summed E-state index contributed by atoms with van der Waals surface area (Å²) < 4.78 is 5.33. The Morgan fingerprint density at radius 1 is 1.31 bits per heavy atom. The molecule has 0 unspecified atom stereocenters. The number of aromatic amines is 1. The van der Waals surface area contributed by atoms with E-state index in [1.54, 1.807) is 7.11 Å². The first kappa shape index (κ1) is 10.7. The fourth-order valence-electron chi connectivity index (χ4n) is 1.68. The highest BCUT2D eigenvalue weighted by Crippen LogP contribution is 2.29. The van der Waals surface area contributed by atoms with Gasteiger partial charge in [-0.1, -0.05) is 13.8 Å². The van der Waals surface area contributed by atoms with E-state index in [1.165, 1.54) is 11.9 Å². The van der Waals surface area contributed by atoms with E-state index in [0.717, 1.165) is 17.1 Å². The van der Waals surface area contributed by atoms with Gasteiger partial charge in [-0.15, -0.1) is 0 Å². The van der Waals surface area contributed by atoms with Crippen molar-refractivity contribution < 1.29 is 4.74 Å². The SMILES string of the molecule is COc1ccc(-c2ncn[nH]2)cc1C(C)C. The number of benzene rings is 1. The second-order valence-electron chi connectivity index (χ2n) is 3.95. The minimum Gasteiger partial charge on any atom is -0.496 e. The zero-order valence-electron chi connectivity index (χ0n) is 9.69. The van der Waals surface area contributed by atoms with Gasteiger partial charge in [0, 0.05) is 5.56 Å². The van der Waals surface area contributed by atoms with Gasteiger partial charge in [0.05, 0.1) is 7.11 Å². The molecule has 0 bridgehead atoms. The van der Waals surface area contributed by atoms with Crippen LogP contribution in [0.15, 0.2) is 24.5 Å². The van der Waals surface area contributed by atoms with Gasteiger partial charge in [0.1, 0.15) is 12.1 Å². The maximum absolute atomic E-state index is 5.33. The fraction of sp³-hybridized carbons (Fsp3) is 0.333. The molecule has 0 atom stereocenters. The molecule has 0 radical (unpaired) electrons. The van der Waals surface area contributed by atoms with Crippen LogP contribution in [0.1, 0.15) is 25.3 Å². The Bertz CT molecular complexity index is 463. The Morgan fingerprint density at radius 2 is 2.12 bits per heavy atom. The lowest BCUT2D eigenvalue weighted by Gasteiger charge is -2.12. The van der Waals surface area contributed by atoms with Crippen LogP contribution in [-0.2, 0) is 0 Å². The minimum atomic E-state index is 0.415. The van der Waals surface area contributed by atoms with Crippen LogP contribution in [0.4, 0.5) is 0 Å². The Hall–Kier alpha value is -1.84. The van der Waals surface area contributed by atoms with Gasteiger partial charge in [-0.25, -0.2) is 4.98 Å². The van der Waals surface area contributed by atoms with E-state index in [1.807, 2.05) is 12.1 Å². The number of H-pyrrole nitrogens is 1. The van der Waals surface area contributed by atoms with Crippen molar-refractivity contribution >= 4 is 0 Å². The molecule has 0 amide bonds. The van der Waals surface area contributed by atoms with Crippen molar-refractivity contribution in [2.75, 3.05) is 7.11 Å². The average molecular weight is 217 g/mol. The first-order valence-electron chi connectivity index (χ1n) is 5.26. The first-order chi connectivity index (χ1) is 7.72. The quantitative estimate of drug-likeness (QED) is 0.859. The highest BCUT2D eigenvalue weighted by atomic mass is 16.5. The standard InChI is InChI=1S/C12H15N3O/c1-8(2)10-6-9(4-5-11(10)16-3)12-13-7-14-15-12/h4-8H,1-3H3,(H,13,14,15). The molecule has 0 aliphatic carbocycles. The Morgan fingerprint density at radius 3 is 2.69 bits per heavy atom. The molecule has 4 heteroatoms. The highest BCUT2D eigenvalue weighted by Gasteiger charge is 2.10. The third-order valence-corrected chi connectivity index (χ3v) is 2.54. The van der Waals surface area contributed by atoms with Crippen molar-refractivity contribution in [2.24, 2.45) is 0 Å². The summed E-state index contributed by atoms with van der Waals surface area (Å²) in [4.78, 5) is 4.13. The van der Waals surface area contributed by atoms with Crippen molar-refractivity contribution in [3.05, 3.63) is 30.1 Å². The van der Waals surface area contributed by atoms with E-state index in [-0.39, 0.29) is 0 Å². The van der Waals surface area contributed by atoms with Crippen LogP contribution in [0.3, 0.4) is 0 Å². The molecule has 1 heterocycles. The lowest BCUT2D eigenvalue weighted by atomic mass is 9.99. The van der Waals surface area contributed by atoms with E-state index in [0.29, 0.717) is 5.92 Å². The minimum absolute atomic E-state index is 0.415. The van der Waals surface area contributed by atoms with Crippen molar-refractivity contribution in [1.82, 2.24) is 15.2 Å². The number of rotatable bonds is 3. The number of hydrogen-bond donors (Lipinski definition) is 1. The van der Waals surface area contributed by atoms with Gasteiger partial charge in [-0.3, -0.25) is 5.10 Å². The number of nitrogens with zero attached hydrogens (tertiary/aromatic N) is 2. The van der Waals surface area contributed by atoms with Gasteiger partial charge >= 0.3 is 0 Å². The van der Waals surface area contributed by atoms with E-state index in [2.05, 4.69) is 35.1 Å². The second kappa shape index (κ2) is 4.35. The summed E-state index contributed by atoms with van der Waals surface area (Å²) in [6.07, 6.45) is 1.51. The first-order valence-corrected chi connectivity index (χ1v) is 5.26. The van der Waals surface area contributed by atoms with Crippen LogP contribution in [0.2, 0.25) is 0 Å². The molecule has 1 N–H and O–H groups in total. The van der Waals surface area contributed by atoms with Crippen LogP contribution in [0.5, 0.6) is 5.75 Å². The number of hydrogen-bond acceptors (Lipinski definition) is 3. The maximum Gasteiger partial charge on any atom is 0.155 e. The van der Waals surface area contributed by atoms with Gasteiger partial charge in [0.25, 0.3) is 0 Å². The fourth-order valence-corrected chi connectivity index (χ4v) is 1.68. The van der Waals surface area contributed by atoms with Crippen molar-refractivity contribution in [2.45, 2.75) is 19.8 Å². The zero-order valence-corrected chi connectivity index (χ0v) is 9.69. The molecule has 16 heavy (non-hydrogen) atoms. The Kier molecular flexibility index (Phi) is 2.90. The molecule has 0 aliphatic heterocycles. The predicted octanol–water partition coefficient (Wildman–Crippen LogP) is 2.60. The second-order valence-corrected chi connectivity index (χ2v) is 3.95. The lowest BCUT2D eigenvalue weighted by Crippen LogP contribution is -1.95. The molecule has 0 saturated heterocycles. The average Bonchev–Trinajstić information content (AvgIpc) is 2.81. The van der Waals surface area contributed by atoms with Crippen LogP contribution in [0, 0.1) is 0 Å². The van der Waals surface area contributed by atoms with Gasteiger partial charge < -0.3 is 4.74 Å². The van der Waals surface area contributed by atoms with E-state index in [4.69, 9.17) is 4.74 Å². The van der Waals surface area contributed by atoms with Crippen LogP contribution < -0.4 is 4.74 Å². The van der Waals surface area contributed by atoms with E-state index < -0.39 is 0 Å². The molecule has 84 valence electrons. The summed E-state index contributed by atoms with van der Waals surface area (Å²) in [6, 6.07) is 6.03. The molecule has 1 aromatic heterocycles.